The number of hydrogen-bond acceptors (Lipinski definition) is 6. The molecule has 0 aliphatic carbocycles. The number of esters is 1. The highest BCUT2D eigenvalue weighted by molar-refractivity contribution is 7.80. The number of ether oxygens (including phenoxy) is 3. The predicted octanol–water partition coefficient (Wildman–Crippen LogP) is 2.65. The number of fused-ring (bicyclic) bond motifs is 1. The van der Waals surface area contributed by atoms with Crippen molar-refractivity contribution in [2.45, 2.75) is 13.0 Å². The molecular formula is C22H25N3O4S. The van der Waals surface area contributed by atoms with E-state index >= 15 is 0 Å². The SMILES string of the molecule is COC(=O)Cc1ccc(NC(=S)N2CCN(Cc3ccc4c(c3)OCO4)CC2)cc1. The third kappa shape index (κ3) is 5.01. The lowest BCUT2D eigenvalue weighted by atomic mass is 10.1. The quantitative estimate of drug-likeness (QED) is 0.577. The zero-order valence-electron chi connectivity index (χ0n) is 16.9. The molecule has 0 unspecified atom stereocenters. The Labute approximate surface area is 181 Å². The topological polar surface area (TPSA) is 63.3 Å². The number of benzene rings is 2. The van der Waals surface area contributed by atoms with Gasteiger partial charge < -0.3 is 24.4 Å². The van der Waals surface area contributed by atoms with Gasteiger partial charge in [0.1, 0.15) is 0 Å². The monoisotopic (exact) mass is 427 g/mol. The number of methoxy groups -OCH3 is 1. The number of anilines is 1. The molecule has 4 rings (SSSR count). The average molecular weight is 428 g/mol. The Balaban J connectivity index is 1.24. The predicted molar refractivity (Wildman–Crippen MR) is 118 cm³/mol. The number of nitrogens with zero attached hydrogens (tertiary/aromatic N) is 2. The number of carbonyl (C=O) groups excluding carboxylic acids is 1. The Morgan fingerprint density at radius 1 is 1.03 bits per heavy atom. The van der Waals surface area contributed by atoms with E-state index in [0.29, 0.717) is 6.79 Å². The summed E-state index contributed by atoms with van der Waals surface area (Å²) in [5, 5.41) is 4.01. The fourth-order valence-electron chi connectivity index (χ4n) is 3.55. The molecule has 2 aromatic carbocycles. The van der Waals surface area contributed by atoms with E-state index in [1.807, 2.05) is 30.3 Å². The van der Waals surface area contributed by atoms with E-state index < -0.39 is 0 Å². The lowest BCUT2D eigenvalue weighted by Crippen LogP contribution is -2.49. The summed E-state index contributed by atoms with van der Waals surface area (Å²) in [7, 11) is 1.39. The Hall–Kier alpha value is -2.84. The van der Waals surface area contributed by atoms with Crippen molar-refractivity contribution in [2.75, 3.05) is 45.4 Å². The van der Waals surface area contributed by atoms with Crippen LogP contribution in [0.1, 0.15) is 11.1 Å². The molecule has 2 aromatic rings. The highest BCUT2D eigenvalue weighted by atomic mass is 32.1. The molecule has 1 N–H and O–H groups in total. The van der Waals surface area contributed by atoms with Crippen LogP contribution in [0.3, 0.4) is 0 Å². The summed E-state index contributed by atoms with van der Waals surface area (Å²) in [6.07, 6.45) is 0.270. The standard InChI is InChI=1S/C22H25N3O4S/c1-27-21(26)13-16-2-5-18(6-3-16)23-22(30)25-10-8-24(9-11-25)14-17-4-7-19-20(12-17)29-15-28-19/h2-7,12H,8-11,13-15H2,1H3,(H,23,30). The van der Waals surface area contributed by atoms with Crippen molar-refractivity contribution in [3.05, 3.63) is 53.6 Å². The molecule has 2 heterocycles. The maximum atomic E-state index is 11.4. The van der Waals surface area contributed by atoms with Gasteiger partial charge in [-0.2, -0.15) is 0 Å². The zero-order valence-corrected chi connectivity index (χ0v) is 17.7. The molecule has 30 heavy (non-hydrogen) atoms. The molecule has 158 valence electrons. The van der Waals surface area contributed by atoms with Gasteiger partial charge in [0.15, 0.2) is 16.6 Å². The van der Waals surface area contributed by atoms with Crippen molar-refractivity contribution in [1.29, 1.82) is 0 Å². The van der Waals surface area contributed by atoms with Crippen LogP contribution in [-0.2, 0) is 22.5 Å². The molecule has 7 nitrogen and oxygen atoms in total. The molecule has 0 saturated carbocycles. The van der Waals surface area contributed by atoms with Crippen molar-refractivity contribution >= 4 is 29.0 Å². The first-order valence-corrected chi connectivity index (χ1v) is 10.3. The first-order valence-electron chi connectivity index (χ1n) is 9.93. The van der Waals surface area contributed by atoms with Crippen molar-refractivity contribution < 1.29 is 19.0 Å². The highest BCUT2D eigenvalue weighted by Gasteiger charge is 2.20. The fourth-order valence-corrected chi connectivity index (χ4v) is 3.85. The summed E-state index contributed by atoms with van der Waals surface area (Å²) in [6.45, 7) is 4.80. The van der Waals surface area contributed by atoms with Gasteiger partial charge in [-0.3, -0.25) is 9.69 Å². The van der Waals surface area contributed by atoms with Crippen LogP contribution in [0, 0.1) is 0 Å². The highest BCUT2D eigenvalue weighted by Crippen LogP contribution is 2.32. The molecule has 0 spiro atoms. The smallest absolute Gasteiger partial charge is 0.309 e. The van der Waals surface area contributed by atoms with Crippen LogP contribution >= 0.6 is 12.2 Å². The number of carbonyl (C=O) groups is 1. The van der Waals surface area contributed by atoms with Crippen LogP contribution in [0.2, 0.25) is 0 Å². The van der Waals surface area contributed by atoms with E-state index in [9.17, 15) is 4.79 Å². The average Bonchev–Trinajstić information content (AvgIpc) is 3.23. The van der Waals surface area contributed by atoms with Crippen LogP contribution < -0.4 is 14.8 Å². The number of thiocarbonyl (C=S) groups is 1. The minimum absolute atomic E-state index is 0.246. The molecule has 0 atom stereocenters. The van der Waals surface area contributed by atoms with E-state index in [0.717, 1.165) is 60.6 Å². The van der Waals surface area contributed by atoms with E-state index in [1.165, 1.54) is 12.7 Å². The summed E-state index contributed by atoms with van der Waals surface area (Å²) >= 11 is 5.59. The number of piperazine rings is 1. The van der Waals surface area contributed by atoms with Crippen LogP contribution in [0.15, 0.2) is 42.5 Å². The van der Waals surface area contributed by atoms with E-state index in [2.05, 4.69) is 27.2 Å². The van der Waals surface area contributed by atoms with Crippen molar-refractivity contribution in [1.82, 2.24) is 9.80 Å². The first-order chi connectivity index (χ1) is 14.6. The lowest BCUT2D eigenvalue weighted by molar-refractivity contribution is -0.139. The molecule has 0 amide bonds. The van der Waals surface area contributed by atoms with Crippen LogP contribution in [0.5, 0.6) is 11.5 Å². The van der Waals surface area contributed by atoms with E-state index in [1.54, 1.807) is 0 Å². The minimum Gasteiger partial charge on any atom is -0.469 e. The van der Waals surface area contributed by atoms with Gasteiger partial charge in [0.05, 0.1) is 13.5 Å². The second-order valence-corrected chi connectivity index (χ2v) is 7.72. The van der Waals surface area contributed by atoms with Crippen LogP contribution in [0.4, 0.5) is 5.69 Å². The molecular weight excluding hydrogens is 402 g/mol. The van der Waals surface area contributed by atoms with Crippen molar-refractivity contribution in [3.8, 4) is 11.5 Å². The molecule has 1 saturated heterocycles. The lowest BCUT2D eigenvalue weighted by Gasteiger charge is -2.36. The van der Waals surface area contributed by atoms with Crippen molar-refractivity contribution in [3.63, 3.8) is 0 Å². The summed E-state index contributed by atoms with van der Waals surface area (Å²) in [5.41, 5.74) is 3.05. The molecule has 0 radical (unpaired) electrons. The van der Waals surface area contributed by atoms with Gasteiger partial charge in [0, 0.05) is 38.4 Å². The summed E-state index contributed by atoms with van der Waals surface area (Å²) in [4.78, 5) is 16.0. The summed E-state index contributed by atoms with van der Waals surface area (Å²) in [6, 6.07) is 13.8. The van der Waals surface area contributed by atoms with Gasteiger partial charge in [0.25, 0.3) is 0 Å². The van der Waals surface area contributed by atoms with Gasteiger partial charge in [-0.15, -0.1) is 0 Å². The molecule has 2 aliphatic heterocycles. The number of rotatable bonds is 5. The van der Waals surface area contributed by atoms with E-state index in [4.69, 9.17) is 26.4 Å². The maximum Gasteiger partial charge on any atom is 0.309 e. The molecule has 1 fully saturated rings. The van der Waals surface area contributed by atoms with Gasteiger partial charge in [-0.05, 0) is 47.6 Å². The maximum absolute atomic E-state index is 11.4. The summed E-state index contributed by atoms with van der Waals surface area (Å²) in [5.74, 6) is 1.40. The largest absolute Gasteiger partial charge is 0.469 e. The molecule has 8 heteroatoms. The Morgan fingerprint density at radius 2 is 1.73 bits per heavy atom. The van der Waals surface area contributed by atoms with Gasteiger partial charge in [-0.1, -0.05) is 18.2 Å². The molecule has 0 bridgehead atoms. The third-order valence-electron chi connectivity index (χ3n) is 5.28. The fraction of sp³-hybridized carbons (Fsp3) is 0.364. The third-order valence-corrected chi connectivity index (χ3v) is 5.64. The number of hydrogen-bond donors (Lipinski definition) is 1. The zero-order chi connectivity index (χ0) is 20.9. The normalized spacial score (nSPS) is 15.7. The van der Waals surface area contributed by atoms with Crippen LogP contribution in [-0.4, -0.2) is 61.0 Å². The van der Waals surface area contributed by atoms with E-state index in [-0.39, 0.29) is 12.4 Å². The first kappa shape index (κ1) is 20.4. The van der Waals surface area contributed by atoms with Gasteiger partial charge in [0.2, 0.25) is 6.79 Å². The minimum atomic E-state index is -0.246. The summed E-state index contributed by atoms with van der Waals surface area (Å²) < 4.78 is 15.5. The molecule has 0 aromatic heterocycles. The second-order valence-electron chi connectivity index (χ2n) is 7.33. The Morgan fingerprint density at radius 3 is 2.47 bits per heavy atom. The number of nitrogens with one attached hydrogen (secondary N) is 1. The Kier molecular flexibility index (Phi) is 6.35. The van der Waals surface area contributed by atoms with Gasteiger partial charge >= 0.3 is 5.97 Å². The molecule has 2 aliphatic rings. The van der Waals surface area contributed by atoms with Crippen molar-refractivity contribution in [2.24, 2.45) is 0 Å². The second kappa shape index (κ2) is 9.32. The van der Waals surface area contributed by atoms with Crippen LogP contribution in [0.25, 0.3) is 0 Å². The Bertz CT molecular complexity index is 911. The van der Waals surface area contributed by atoms with Gasteiger partial charge in [-0.25, -0.2) is 0 Å².